The van der Waals surface area contributed by atoms with E-state index in [1.54, 1.807) is 24.3 Å². The van der Waals surface area contributed by atoms with Gasteiger partial charge in [-0.15, -0.1) is 0 Å². The summed E-state index contributed by atoms with van der Waals surface area (Å²) in [5, 5.41) is 22.1. The van der Waals surface area contributed by atoms with Crippen LogP contribution in [-0.2, 0) is 11.2 Å². The van der Waals surface area contributed by atoms with Crippen LogP contribution in [0.4, 0.5) is 0 Å². The summed E-state index contributed by atoms with van der Waals surface area (Å²) in [7, 11) is 0. The highest BCUT2D eigenvalue weighted by atomic mass is 16.3. The Kier molecular flexibility index (Phi) is 6.21. The Morgan fingerprint density at radius 3 is 2.82 bits per heavy atom. The van der Waals surface area contributed by atoms with Crippen LogP contribution in [0.1, 0.15) is 25.3 Å². The number of aliphatic hydroxyl groups is 1. The molecule has 1 heterocycles. The molecule has 0 aliphatic carbocycles. The molecule has 0 unspecified atom stereocenters. The van der Waals surface area contributed by atoms with Gasteiger partial charge in [-0.05, 0) is 49.5 Å². The maximum absolute atomic E-state index is 11.8. The first-order valence-corrected chi connectivity index (χ1v) is 7.98. The van der Waals surface area contributed by atoms with Crippen LogP contribution in [0.15, 0.2) is 24.3 Å². The second-order valence-electron chi connectivity index (χ2n) is 6.29. The van der Waals surface area contributed by atoms with Crippen LogP contribution in [0.3, 0.4) is 0 Å². The molecule has 1 aliphatic heterocycles. The third kappa shape index (κ3) is 5.66. The van der Waals surface area contributed by atoms with Crippen molar-refractivity contribution in [2.75, 3.05) is 26.2 Å². The first-order valence-electron chi connectivity index (χ1n) is 7.98. The number of piperidine rings is 1. The average molecular weight is 306 g/mol. The number of amides is 1. The third-order valence-electron chi connectivity index (χ3n) is 4.16. The van der Waals surface area contributed by atoms with Crippen molar-refractivity contribution >= 4 is 5.91 Å². The number of β-amino-alcohol motifs (C(OH)–C–C–N with tert-alkyl or cyclic N) is 1. The summed E-state index contributed by atoms with van der Waals surface area (Å²) in [4.78, 5) is 14.1. The van der Waals surface area contributed by atoms with E-state index < -0.39 is 6.10 Å². The Morgan fingerprint density at radius 2 is 2.14 bits per heavy atom. The third-order valence-corrected chi connectivity index (χ3v) is 4.16. The highest BCUT2D eigenvalue weighted by molar-refractivity contribution is 5.78. The minimum atomic E-state index is -0.540. The molecule has 3 N–H and O–H groups in total. The summed E-state index contributed by atoms with van der Waals surface area (Å²) in [6.45, 7) is 5.18. The monoisotopic (exact) mass is 306 g/mol. The number of nitrogens with one attached hydrogen (secondary N) is 1. The average Bonchev–Trinajstić information content (AvgIpc) is 2.48. The molecule has 1 fully saturated rings. The van der Waals surface area contributed by atoms with Gasteiger partial charge in [-0.25, -0.2) is 0 Å². The van der Waals surface area contributed by atoms with Crippen LogP contribution >= 0.6 is 0 Å². The van der Waals surface area contributed by atoms with E-state index in [2.05, 4.69) is 17.1 Å². The normalized spacial score (nSPS) is 18.1. The van der Waals surface area contributed by atoms with E-state index in [1.807, 2.05) is 0 Å². The summed E-state index contributed by atoms with van der Waals surface area (Å²) >= 11 is 0. The van der Waals surface area contributed by atoms with Crippen molar-refractivity contribution < 1.29 is 15.0 Å². The van der Waals surface area contributed by atoms with Crippen LogP contribution in [0.5, 0.6) is 5.75 Å². The van der Waals surface area contributed by atoms with Gasteiger partial charge in [-0.1, -0.05) is 19.1 Å². The van der Waals surface area contributed by atoms with Crippen LogP contribution in [-0.4, -0.2) is 53.3 Å². The van der Waals surface area contributed by atoms with E-state index in [9.17, 15) is 15.0 Å². The van der Waals surface area contributed by atoms with Gasteiger partial charge in [0.1, 0.15) is 5.75 Å². The van der Waals surface area contributed by atoms with Crippen LogP contribution in [0.2, 0.25) is 0 Å². The molecular formula is C17H26N2O3. The molecular weight excluding hydrogens is 280 g/mol. The quantitative estimate of drug-likeness (QED) is 0.737. The van der Waals surface area contributed by atoms with Crippen molar-refractivity contribution in [1.29, 1.82) is 0 Å². The number of carbonyl (C=O) groups excluding carboxylic acids is 1. The van der Waals surface area contributed by atoms with Crippen molar-refractivity contribution in [1.82, 2.24) is 10.2 Å². The molecule has 1 saturated heterocycles. The fraction of sp³-hybridized carbons (Fsp3) is 0.588. The minimum Gasteiger partial charge on any atom is -0.508 e. The van der Waals surface area contributed by atoms with E-state index in [0.29, 0.717) is 6.54 Å². The molecule has 0 aromatic heterocycles. The molecule has 1 aliphatic rings. The molecule has 2 rings (SSSR count). The molecule has 122 valence electrons. The zero-order valence-corrected chi connectivity index (χ0v) is 13.2. The maximum Gasteiger partial charge on any atom is 0.224 e. The zero-order valence-electron chi connectivity index (χ0n) is 13.2. The molecule has 0 bridgehead atoms. The molecule has 0 radical (unpaired) electrons. The van der Waals surface area contributed by atoms with Gasteiger partial charge in [0.05, 0.1) is 12.5 Å². The van der Waals surface area contributed by atoms with E-state index in [1.165, 1.54) is 12.8 Å². The lowest BCUT2D eigenvalue weighted by molar-refractivity contribution is -0.121. The van der Waals surface area contributed by atoms with E-state index >= 15 is 0 Å². The minimum absolute atomic E-state index is 0.142. The van der Waals surface area contributed by atoms with Crippen molar-refractivity contribution in [3.63, 3.8) is 0 Å². The van der Waals surface area contributed by atoms with Crippen molar-refractivity contribution in [2.45, 2.75) is 32.3 Å². The second-order valence-corrected chi connectivity index (χ2v) is 6.29. The number of hydrogen-bond acceptors (Lipinski definition) is 4. The summed E-state index contributed by atoms with van der Waals surface area (Å²) in [6, 6.07) is 6.66. The Hall–Kier alpha value is -1.59. The first kappa shape index (κ1) is 16.8. The number of aliphatic hydroxyl groups excluding tert-OH is 1. The molecule has 5 heteroatoms. The number of nitrogens with zero attached hydrogens (tertiary/aromatic N) is 1. The van der Waals surface area contributed by atoms with Gasteiger partial charge in [0.2, 0.25) is 5.91 Å². The molecule has 1 aromatic carbocycles. The Labute approximate surface area is 131 Å². The smallest absolute Gasteiger partial charge is 0.224 e. The van der Waals surface area contributed by atoms with E-state index in [0.717, 1.165) is 24.6 Å². The summed E-state index contributed by atoms with van der Waals surface area (Å²) in [6.07, 6.45) is 2.02. The number of hydrogen-bond donors (Lipinski definition) is 3. The summed E-state index contributed by atoms with van der Waals surface area (Å²) in [5.41, 5.74) is 0.761. The van der Waals surface area contributed by atoms with Gasteiger partial charge >= 0.3 is 0 Å². The fourth-order valence-corrected chi connectivity index (χ4v) is 2.75. The van der Waals surface area contributed by atoms with Crippen LogP contribution in [0, 0.1) is 5.92 Å². The highest BCUT2D eigenvalue weighted by Gasteiger charge is 2.18. The molecule has 1 atom stereocenters. The van der Waals surface area contributed by atoms with Gasteiger partial charge in [-0.2, -0.15) is 0 Å². The Morgan fingerprint density at radius 1 is 1.41 bits per heavy atom. The Balaban J connectivity index is 1.67. The molecule has 1 amide bonds. The number of phenols is 1. The van der Waals surface area contributed by atoms with E-state index in [-0.39, 0.29) is 24.6 Å². The lowest BCUT2D eigenvalue weighted by Crippen LogP contribution is -2.43. The molecule has 22 heavy (non-hydrogen) atoms. The van der Waals surface area contributed by atoms with Gasteiger partial charge in [-0.3, -0.25) is 4.79 Å². The maximum atomic E-state index is 11.8. The van der Waals surface area contributed by atoms with E-state index in [4.69, 9.17) is 0 Å². The standard InChI is InChI=1S/C17H26N2O3/c1-13-5-7-19(8-6-13)12-16(21)11-18-17(22)10-14-3-2-4-15(20)9-14/h2-4,9,13,16,20-21H,5-8,10-12H2,1H3,(H,18,22)/t16-/m1/s1. The SMILES string of the molecule is CC1CCN(C[C@H](O)CNC(=O)Cc2cccc(O)c2)CC1. The number of aromatic hydroxyl groups is 1. The topological polar surface area (TPSA) is 72.8 Å². The lowest BCUT2D eigenvalue weighted by atomic mass is 9.99. The number of rotatable bonds is 6. The number of carbonyl (C=O) groups is 1. The number of benzene rings is 1. The molecule has 0 spiro atoms. The van der Waals surface area contributed by atoms with Crippen LogP contribution < -0.4 is 5.32 Å². The van der Waals surface area contributed by atoms with Crippen molar-refractivity contribution in [3.8, 4) is 5.75 Å². The largest absolute Gasteiger partial charge is 0.508 e. The van der Waals surface area contributed by atoms with Gasteiger partial charge in [0.25, 0.3) is 0 Å². The summed E-state index contributed by atoms with van der Waals surface area (Å²) in [5.74, 6) is 0.789. The van der Waals surface area contributed by atoms with Gasteiger partial charge < -0.3 is 20.4 Å². The number of phenolic OH excluding ortho intramolecular Hbond substituents is 1. The zero-order chi connectivity index (χ0) is 15.9. The Bertz CT molecular complexity index is 485. The highest BCUT2D eigenvalue weighted by Crippen LogP contribution is 2.16. The summed E-state index contributed by atoms with van der Waals surface area (Å²) < 4.78 is 0. The van der Waals surface area contributed by atoms with Crippen molar-refractivity contribution in [2.24, 2.45) is 5.92 Å². The fourth-order valence-electron chi connectivity index (χ4n) is 2.75. The lowest BCUT2D eigenvalue weighted by Gasteiger charge is -2.31. The molecule has 1 aromatic rings. The molecule has 0 saturated carbocycles. The predicted octanol–water partition coefficient (Wildman–Crippen LogP) is 1.14. The predicted molar refractivity (Wildman–Crippen MR) is 85.7 cm³/mol. The van der Waals surface area contributed by atoms with Crippen LogP contribution in [0.25, 0.3) is 0 Å². The van der Waals surface area contributed by atoms with Crippen molar-refractivity contribution in [3.05, 3.63) is 29.8 Å². The van der Waals surface area contributed by atoms with Gasteiger partial charge in [0, 0.05) is 13.1 Å². The molecule has 5 nitrogen and oxygen atoms in total. The number of likely N-dealkylation sites (tertiary alicyclic amines) is 1. The first-order chi connectivity index (χ1) is 10.5. The van der Waals surface area contributed by atoms with Gasteiger partial charge in [0.15, 0.2) is 0 Å². The second kappa shape index (κ2) is 8.15.